The Balaban J connectivity index is 2.21. The molecule has 0 spiro atoms. The number of anilines is 1. The molecule has 0 aliphatic rings. The van der Waals surface area contributed by atoms with Crippen molar-refractivity contribution < 1.29 is 4.74 Å². The maximum absolute atomic E-state index is 7.49. The number of ether oxygens (including phenoxy) is 1. The molecule has 5 nitrogen and oxygen atoms in total. The van der Waals surface area contributed by atoms with Gasteiger partial charge in [0.1, 0.15) is 5.84 Å². The monoisotopic (exact) mass is 270 g/mol. The third-order valence-corrected chi connectivity index (χ3v) is 3.05. The summed E-state index contributed by atoms with van der Waals surface area (Å²) in [5.41, 5.74) is 8.23. The minimum Gasteiger partial charge on any atom is -0.481 e. The molecule has 0 radical (unpaired) electrons. The molecule has 0 fully saturated rings. The molecular formula is C15H18N4O. The van der Waals surface area contributed by atoms with E-state index in [1.807, 2.05) is 43.4 Å². The SMILES string of the molecule is COc1ncccc1CN(C)c1cccc(C(=N)N)c1. The molecule has 0 aliphatic heterocycles. The molecule has 2 aromatic rings. The van der Waals surface area contributed by atoms with Gasteiger partial charge in [-0.3, -0.25) is 5.41 Å². The van der Waals surface area contributed by atoms with Crippen LogP contribution in [0.2, 0.25) is 0 Å². The highest BCUT2D eigenvalue weighted by Gasteiger charge is 2.08. The van der Waals surface area contributed by atoms with Crippen molar-refractivity contribution in [1.29, 1.82) is 5.41 Å². The molecule has 3 N–H and O–H groups in total. The standard InChI is InChI=1S/C15H18N4O/c1-19(10-12-6-4-8-18-15(12)20-2)13-7-3-5-11(9-13)14(16)17/h3-9H,10H2,1-2H3,(H3,16,17). The molecule has 0 saturated carbocycles. The van der Waals surface area contributed by atoms with Crippen LogP contribution in [0.15, 0.2) is 42.6 Å². The predicted molar refractivity (Wildman–Crippen MR) is 80.4 cm³/mol. The summed E-state index contributed by atoms with van der Waals surface area (Å²) in [7, 11) is 3.59. The molecule has 104 valence electrons. The third-order valence-electron chi connectivity index (χ3n) is 3.05. The number of benzene rings is 1. The van der Waals surface area contributed by atoms with E-state index in [1.165, 1.54) is 0 Å². The highest BCUT2D eigenvalue weighted by Crippen LogP contribution is 2.20. The fraction of sp³-hybridized carbons (Fsp3) is 0.200. The number of nitrogens with zero attached hydrogens (tertiary/aromatic N) is 2. The van der Waals surface area contributed by atoms with Gasteiger partial charge in [-0.25, -0.2) is 4.98 Å². The number of hydrogen-bond donors (Lipinski definition) is 2. The van der Waals surface area contributed by atoms with E-state index in [2.05, 4.69) is 9.88 Å². The highest BCUT2D eigenvalue weighted by atomic mass is 16.5. The second-order valence-electron chi connectivity index (χ2n) is 4.49. The fourth-order valence-corrected chi connectivity index (χ4v) is 1.99. The summed E-state index contributed by atoms with van der Waals surface area (Å²) in [4.78, 5) is 6.25. The van der Waals surface area contributed by atoms with Gasteiger partial charge in [-0.2, -0.15) is 0 Å². The number of nitrogen functional groups attached to an aromatic ring is 1. The lowest BCUT2D eigenvalue weighted by atomic mass is 10.1. The molecule has 0 amide bonds. The van der Waals surface area contributed by atoms with Gasteiger partial charge < -0.3 is 15.4 Å². The number of aromatic nitrogens is 1. The van der Waals surface area contributed by atoms with E-state index in [-0.39, 0.29) is 5.84 Å². The van der Waals surface area contributed by atoms with Crippen molar-refractivity contribution in [2.45, 2.75) is 6.54 Å². The normalized spacial score (nSPS) is 10.1. The fourth-order valence-electron chi connectivity index (χ4n) is 1.99. The first kappa shape index (κ1) is 13.9. The first-order valence-corrected chi connectivity index (χ1v) is 6.25. The Kier molecular flexibility index (Phi) is 4.20. The van der Waals surface area contributed by atoms with E-state index < -0.39 is 0 Å². The lowest BCUT2D eigenvalue weighted by molar-refractivity contribution is 0.392. The lowest BCUT2D eigenvalue weighted by Crippen LogP contribution is -2.18. The van der Waals surface area contributed by atoms with E-state index >= 15 is 0 Å². The Morgan fingerprint density at radius 1 is 1.35 bits per heavy atom. The van der Waals surface area contributed by atoms with Crippen LogP contribution >= 0.6 is 0 Å². The van der Waals surface area contributed by atoms with Gasteiger partial charge in [-0.05, 0) is 18.2 Å². The maximum atomic E-state index is 7.49. The largest absolute Gasteiger partial charge is 0.481 e. The van der Waals surface area contributed by atoms with Crippen molar-refractivity contribution >= 4 is 11.5 Å². The summed E-state index contributed by atoms with van der Waals surface area (Å²) in [6.45, 7) is 0.665. The summed E-state index contributed by atoms with van der Waals surface area (Å²) >= 11 is 0. The molecule has 1 heterocycles. The smallest absolute Gasteiger partial charge is 0.218 e. The van der Waals surface area contributed by atoms with Crippen molar-refractivity contribution in [3.05, 3.63) is 53.7 Å². The van der Waals surface area contributed by atoms with Gasteiger partial charge in [0.25, 0.3) is 0 Å². The summed E-state index contributed by atoms with van der Waals surface area (Å²) in [5, 5.41) is 7.49. The first-order chi connectivity index (χ1) is 9.61. The van der Waals surface area contributed by atoms with Gasteiger partial charge in [-0.1, -0.05) is 18.2 Å². The maximum Gasteiger partial charge on any atom is 0.218 e. The molecule has 0 aliphatic carbocycles. The Hall–Kier alpha value is -2.56. The van der Waals surface area contributed by atoms with Gasteiger partial charge in [0.2, 0.25) is 5.88 Å². The van der Waals surface area contributed by atoms with Crippen molar-refractivity contribution in [2.24, 2.45) is 5.73 Å². The summed E-state index contributed by atoms with van der Waals surface area (Å²) in [6.07, 6.45) is 1.71. The van der Waals surface area contributed by atoms with Crippen LogP contribution in [0.25, 0.3) is 0 Å². The van der Waals surface area contributed by atoms with E-state index in [1.54, 1.807) is 13.3 Å². The van der Waals surface area contributed by atoms with Crippen LogP contribution in [0, 0.1) is 5.41 Å². The van der Waals surface area contributed by atoms with Crippen molar-refractivity contribution in [2.75, 3.05) is 19.1 Å². The molecular weight excluding hydrogens is 252 g/mol. The van der Waals surface area contributed by atoms with Crippen LogP contribution in [0.4, 0.5) is 5.69 Å². The van der Waals surface area contributed by atoms with E-state index in [9.17, 15) is 0 Å². The van der Waals surface area contributed by atoms with Gasteiger partial charge in [0.15, 0.2) is 0 Å². The number of nitrogens with two attached hydrogens (primary N) is 1. The molecule has 5 heteroatoms. The number of hydrogen-bond acceptors (Lipinski definition) is 4. The zero-order chi connectivity index (χ0) is 14.5. The molecule has 1 aromatic heterocycles. The lowest BCUT2D eigenvalue weighted by Gasteiger charge is -2.20. The summed E-state index contributed by atoms with van der Waals surface area (Å²) in [5.74, 6) is 0.696. The second kappa shape index (κ2) is 6.06. The van der Waals surface area contributed by atoms with Gasteiger partial charge in [-0.15, -0.1) is 0 Å². The van der Waals surface area contributed by atoms with Crippen LogP contribution < -0.4 is 15.4 Å². The summed E-state index contributed by atoms with van der Waals surface area (Å²) in [6, 6.07) is 11.5. The van der Waals surface area contributed by atoms with Crippen LogP contribution in [0.3, 0.4) is 0 Å². The Morgan fingerprint density at radius 2 is 2.15 bits per heavy atom. The van der Waals surface area contributed by atoms with Gasteiger partial charge in [0, 0.05) is 36.6 Å². The predicted octanol–water partition coefficient (Wildman–Crippen LogP) is 2.01. The number of amidine groups is 1. The topological polar surface area (TPSA) is 75.2 Å². The van der Waals surface area contributed by atoms with E-state index in [0.29, 0.717) is 18.0 Å². The van der Waals surface area contributed by atoms with Crippen molar-refractivity contribution in [3.8, 4) is 5.88 Å². The molecule has 0 saturated heterocycles. The minimum atomic E-state index is 0.0687. The van der Waals surface area contributed by atoms with Crippen LogP contribution in [0.5, 0.6) is 5.88 Å². The van der Waals surface area contributed by atoms with Crippen LogP contribution in [-0.2, 0) is 6.54 Å². The van der Waals surface area contributed by atoms with Crippen LogP contribution in [0.1, 0.15) is 11.1 Å². The summed E-state index contributed by atoms with van der Waals surface area (Å²) < 4.78 is 5.25. The molecule has 20 heavy (non-hydrogen) atoms. The average molecular weight is 270 g/mol. The zero-order valence-electron chi connectivity index (χ0n) is 11.6. The van der Waals surface area contributed by atoms with Gasteiger partial charge >= 0.3 is 0 Å². The second-order valence-corrected chi connectivity index (χ2v) is 4.49. The Bertz CT molecular complexity index is 612. The number of pyridine rings is 1. The molecule has 1 aromatic carbocycles. The Morgan fingerprint density at radius 3 is 2.85 bits per heavy atom. The number of nitrogens with one attached hydrogen (secondary N) is 1. The zero-order valence-corrected chi connectivity index (χ0v) is 11.6. The van der Waals surface area contributed by atoms with Crippen molar-refractivity contribution in [3.63, 3.8) is 0 Å². The van der Waals surface area contributed by atoms with Crippen LogP contribution in [-0.4, -0.2) is 25.0 Å². The van der Waals surface area contributed by atoms with Gasteiger partial charge in [0.05, 0.1) is 7.11 Å². The molecule has 0 unspecified atom stereocenters. The van der Waals surface area contributed by atoms with E-state index in [0.717, 1.165) is 11.3 Å². The first-order valence-electron chi connectivity index (χ1n) is 6.25. The molecule has 0 atom stereocenters. The molecule has 0 bridgehead atoms. The van der Waals surface area contributed by atoms with Crippen molar-refractivity contribution in [1.82, 2.24) is 4.98 Å². The third kappa shape index (κ3) is 3.06. The molecule has 2 rings (SSSR count). The highest BCUT2D eigenvalue weighted by molar-refractivity contribution is 5.95. The quantitative estimate of drug-likeness (QED) is 0.643. The number of rotatable bonds is 5. The average Bonchev–Trinajstić information content (AvgIpc) is 2.48. The minimum absolute atomic E-state index is 0.0687. The van der Waals surface area contributed by atoms with E-state index in [4.69, 9.17) is 15.9 Å². The number of methoxy groups -OCH3 is 1. The Labute approximate surface area is 118 Å².